The van der Waals surface area contributed by atoms with E-state index < -0.39 is 11.4 Å². The molecular weight excluding hydrogens is 337 g/mol. The second-order valence-corrected chi connectivity index (χ2v) is 5.87. The molecule has 1 heterocycles. The molecule has 0 radical (unpaired) electrons. The lowest BCUT2D eigenvalue weighted by atomic mass is 10.1. The van der Waals surface area contributed by atoms with Crippen LogP contribution < -0.4 is 10.9 Å². The fraction of sp³-hybridized carbons (Fsp3) is 0.211. The van der Waals surface area contributed by atoms with Gasteiger partial charge < -0.3 is 10.1 Å². The first-order chi connectivity index (χ1) is 12.6. The highest BCUT2D eigenvalue weighted by atomic mass is 19.1. The first-order valence-corrected chi connectivity index (χ1v) is 8.05. The summed E-state index contributed by atoms with van der Waals surface area (Å²) in [5, 5.41) is 2.91. The molecule has 26 heavy (non-hydrogen) atoms. The monoisotopic (exact) mass is 355 g/mol. The SMILES string of the molecule is COCc1cccc(CNC(=O)Cn2cnc3ccc(F)cc3c2=O)c1. The number of amides is 1. The molecule has 3 rings (SSSR count). The summed E-state index contributed by atoms with van der Waals surface area (Å²) in [6.45, 7) is 0.646. The van der Waals surface area contributed by atoms with E-state index in [2.05, 4.69) is 10.3 Å². The predicted molar refractivity (Wildman–Crippen MR) is 95.0 cm³/mol. The quantitative estimate of drug-likeness (QED) is 0.734. The average molecular weight is 355 g/mol. The van der Waals surface area contributed by atoms with Crippen molar-refractivity contribution in [3.8, 4) is 0 Å². The average Bonchev–Trinajstić information content (AvgIpc) is 2.63. The normalized spacial score (nSPS) is 10.8. The third-order valence-corrected chi connectivity index (χ3v) is 3.89. The zero-order chi connectivity index (χ0) is 18.5. The maximum atomic E-state index is 13.3. The Morgan fingerprint density at radius 3 is 2.85 bits per heavy atom. The number of nitrogens with one attached hydrogen (secondary N) is 1. The molecule has 0 saturated carbocycles. The summed E-state index contributed by atoms with van der Waals surface area (Å²) in [6, 6.07) is 11.5. The molecule has 1 amide bonds. The number of hydrogen-bond acceptors (Lipinski definition) is 4. The number of hydrogen-bond donors (Lipinski definition) is 1. The molecule has 0 saturated heterocycles. The molecular formula is C19H18FN3O3. The van der Waals surface area contributed by atoms with Gasteiger partial charge in [-0.25, -0.2) is 9.37 Å². The lowest BCUT2D eigenvalue weighted by Crippen LogP contribution is -2.32. The number of rotatable bonds is 6. The number of methoxy groups -OCH3 is 1. The molecule has 0 atom stereocenters. The summed E-state index contributed by atoms with van der Waals surface area (Å²) in [7, 11) is 1.62. The molecule has 0 fully saturated rings. The van der Waals surface area contributed by atoms with Crippen LogP contribution in [0.1, 0.15) is 11.1 Å². The minimum atomic E-state index is -0.519. The van der Waals surface area contributed by atoms with E-state index in [1.807, 2.05) is 24.3 Å². The largest absolute Gasteiger partial charge is 0.380 e. The number of carbonyl (C=O) groups is 1. The van der Waals surface area contributed by atoms with E-state index >= 15 is 0 Å². The van der Waals surface area contributed by atoms with Crippen LogP contribution in [0.15, 0.2) is 53.6 Å². The highest BCUT2D eigenvalue weighted by molar-refractivity contribution is 5.79. The number of nitrogens with zero attached hydrogens (tertiary/aromatic N) is 2. The van der Waals surface area contributed by atoms with Crippen LogP contribution >= 0.6 is 0 Å². The predicted octanol–water partition coefficient (Wildman–Crippen LogP) is 2.00. The molecule has 1 N–H and O–H groups in total. The fourth-order valence-corrected chi connectivity index (χ4v) is 2.65. The minimum absolute atomic E-state index is 0.146. The minimum Gasteiger partial charge on any atom is -0.380 e. The van der Waals surface area contributed by atoms with Gasteiger partial charge in [-0.05, 0) is 29.3 Å². The molecule has 2 aromatic carbocycles. The van der Waals surface area contributed by atoms with Gasteiger partial charge >= 0.3 is 0 Å². The van der Waals surface area contributed by atoms with Gasteiger partial charge in [0.1, 0.15) is 12.4 Å². The van der Waals surface area contributed by atoms with Crippen LogP contribution in [0.3, 0.4) is 0 Å². The smallest absolute Gasteiger partial charge is 0.261 e. The van der Waals surface area contributed by atoms with Gasteiger partial charge in [-0.15, -0.1) is 0 Å². The van der Waals surface area contributed by atoms with E-state index in [4.69, 9.17) is 4.74 Å². The topological polar surface area (TPSA) is 73.2 Å². The van der Waals surface area contributed by atoms with Crippen LogP contribution in [0.25, 0.3) is 10.9 Å². The summed E-state index contributed by atoms with van der Waals surface area (Å²) in [5.74, 6) is -0.851. The highest BCUT2D eigenvalue weighted by Gasteiger charge is 2.09. The van der Waals surface area contributed by atoms with E-state index in [1.165, 1.54) is 23.0 Å². The molecule has 6 nitrogen and oxygen atoms in total. The van der Waals surface area contributed by atoms with Gasteiger partial charge in [-0.1, -0.05) is 24.3 Å². The molecule has 0 aliphatic carbocycles. The van der Waals surface area contributed by atoms with E-state index in [1.54, 1.807) is 7.11 Å². The third-order valence-electron chi connectivity index (χ3n) is 3.89. The molecule has 0 spiro atoms. The summed E-state index contributed by atoms with van der Waals surface area (Å²) in [4.78, 5) is 28.6. The second kappa shape index (κ2) is 7.88. The maximum absolute atomic E-state index is 13.3. The molecule has 7 heteroatoms. The standard InChI is InChI=1S/C19H18FN3O3/c1-26-11-14-4-2-3-13(7-14)9-21-18(24)10-23-12-22-17-6-5-15(20)8-16(17)19(23)25/h2-8,12H,9-11H2,1H3,(H,21,24). The van der Waals surface area contributed by atoms with Crippen molar-refractivity contribution in [2.75, 3.05) is 7.11 Å². The lowest BCUT2D eigenvalue weighted by molar-refractivity contribution is -0.121. The number of carbonyl (C=O) groups excluding carboxylic acids is 1. The Morgan fingerprint density at radius 2 is 2.04 bits per heavy atom. The van der Waals surface area contributed by atoms with E-state index in [0.29, 0.717) is 18.7 Å². The fourth-order valence-electron chi connectivity index (χ4n) is 2.65. The molecule has 0 aliphatic rings. The zero-order valence-electron chi connectivity index (χ0n) is 14.2. The number of fused-ring (bicyclic) bond motifs is 1. The van der Waals surface area contributed by atoms with Crippen LogP contribution in [-0.2, 0) is 29.2 Å². The van der Waals surface area contributed by atoms with Crippen molar-refractivity contribution >= 4 is 16.8 Å². The van der Waals surface area contributed by atoms with Gasteiger partial charge in [-0.2, -0.15) is 0 Å². The Balaban J connectivity index is 1.68. The Kier molecular flexibility index (Phi) is 5.38. The van der Waals surface area contributed by atoms with Crippen molar-refractivity contribution in [2.45, 2.75) is 19.7 Å². The molecule has 0 unspecified atom stereocenters. The molecule has 0 bridgehead atoms. The van der Waals surface area contributed by atoms with Gasteiger partial charge in [0.2, 0.25) is 5.91 Å². The first kappa shape index (κ1) is 17.8. The summed E-state index contributed by atoms with van der Waals surface area (Å²) >= 11 is 0. The van der Waals surface area contributed by atoms with Gasteiger partial charge in [0.05, 0.1) is 23.8 Å². The Labute approximate surface area is 149 Å². The highest BCUT2D eigenvalue weighted by Crippen LogP contribution is 2.09. The van der Waals surface area contributed by atoms with Gasteiger partial charge in [0.15, 0.2) is 0 Å². The van der Waals surface area contributed by atoms with Crippen molar-refractivity contribution in [3.63, 3.8) is 0 Å². The lowest BCUT2D eigenvalue weighted by Gasteiger charge is -2.09. The summed E-state index contributed by atoms with van der Waals surface area (Å²) in [5.41, 5.74) is 1.88. The van der Waals surface area contributed by atoms with Crippen LogP contribution in [0.2, 0.25) is 0 Å². The number of aromatic nitrogens is 2. The second-order valence-electron chi connectivity index (χ2n) is 5.87. The van der Waals surface area contributed by atoms with E-state index in [0.717, 1.165) is 17.2 Å². The van der Waals surface area contributed by atoms with E-state index in [9.17, 15) is 14.0 Å². The van der Waals surface area contributed by atoms with Crippen LogP contribution in [0.4, 0.5) is 4.39 Å². The van der Waals surface area contributed by atoms with Crippen molar-refractivity contribution in [2.24, 2.45) is 0 Å². The van der Waals surface area contributed by atoms with Crippen molar-refractivity contribution in [1.29, 1.82) is 0 Å². The third kappa shape index (κ3) is 4.12. The number of ether oxygens (including phenoxy) is 1. The number of benzene rings is 2. The Morgan fingerprint density at radius 1 is 1.23 bits per heavy atom. The van der Waals surface area contributed by atoms with Crippen molar-refractivity contribution in [3.05, 3.63) is 76.1 Å². The first-order valence-electron chi connectivity index (χ1n) is 8.05. The van der Waals surface area contributed by atoms with Gasteiger partial charge in [0, 0.05) is 13.7 Å². The molecule has 134 valence electrons. The zero-order valence-corrected chi connectivity index (χ0v) is 14.2. The summed E-state index contributed by atoms with van der Waals surface area (Å²) in [6.07, 6.45) is 1.29. The van der Waals surface area contributed by atoms with Crippen molar-refractivity contribution < 1.29 is 13.9 Å². The van der Waals surface area contributed by atoms with Gasteiger partial charge in [0.25, 0.3) is 5.56 Å². The summed E-state index contributed by atoms with van der Waals surface area (Å²) < 4.78 is 19.6. The molecule has 3 aromatic rings. The Hall–Kier alpha value is -3.06. The van der Waals surface area contributed by atoms with E-state index in [-0.39, 0.29) is 17.8 Å². The van der Waals surface area contributed by atoms with Crippen LogP contribution in [0, 0.1) is 5.82 Å². The van der Waals surface area contributed by atoms with Crippen LogP contribution in [-0.4, -0.2) is 22.6 Å². The van der Waals surface area contributed by atoms with Gasteiger partial charge in [-0.3, -0.25) is 14.2 Å². The number of halogens is 1. The Bertz CT molecular complexity index is 1000. The van der Waals surface area contributed by atoms with Crippen LogP contribution in [0.5, 0.6) is 0 Å². The molecule has 0 aliphatic heterocycles. The maximum Gasteiger partial charge on any atom is 0.261 e. The van der Waals surface area contributed by atoms with Crippen molar-refractivity contribution in [1.82, 2.24) is 14.9 Å². The molecule has 1 aromatic heterocycles.